The standard InChI is InChI=1S/C13H27N.C12H26N2/c1-12(2,3)11-7-9-14(10-8-11)13(4,5)6;1-11(2,3)13-7-9-14(10-8-13)12(4,5)6/h11H,7-10H2,1-6H3;7-10H2,1-6H3. The molecule has 2 aliphatic rings. The molecule has 0 saturated carbocycles. The number of piperazine rings is 1. The molecule has 2 heterocycles. The predicted molar refractivity (Wildman–Crippen MR) is 126 cm³/mol. The average molecular weight is 396 g/mol. The number of nitrogens with zero attached hydrogens (tertiary/aromatic N) is 3. The quantitative estimate of drug-likeness (QED) is 0.517. The smallest absolute Gasteiger partial charge is 0.0126 e. The number of hydrogen-bond donors (Lipinski definition) is 0. The van der Waals surface area contributed by atoms with Crippen LogP contribution in [-0.4, -0.2) is 70.6 Å². The van der Waals surface area contributed by atoms with Crippen molar-refractivity contribution in [3.8, 4) is 0 Å². The molecule has 0 atom stereocenters. The molecule has 0 unspecified atom stereocenters. The van der Waals surface area contributed by atoms with Gasteiger partial charge in [-0.1, -0.05) is 20.8 Å². The first-order valence-corrected chi connectivity index (χ1v) is 11.7. The average Bonchev–Trinajstić information content (AvgIpc) is 2.52. The summed E-state index contributed by atoms with van der Waals surface area (Å²) in [4.78, 5) is 7.78. The lowest BCUT2D eigenvalue weighted by atomic mass is 9.75. The van der Waals surface area contributed by atoms with Crippen LogP contribution in [-0.2, 0) is 0 Å². The minimum Gasteiger partial charge on any atom is -0.298 e. The molecule has 0 aromatic rings. The third kappa shape index (κ3) is 8.32. The van der Waals surface area contributed by atoms with Crippen LogP contribution in [0.1, 0.15) is 95.9 Å². The predicted octanol–water partition coefficient (Wildman–Crippen LogP) is 5.74. The molecule has 2 saturated heterocycles. The van der Waals surface area contributed by atoms with E-state index in [1.165, 1.54) is 52.1 Å². The van der Waals surface area contributed by atoms with E-state index in [1.807, 2.05) is 0 Å². The molecule has 0 bridgehead atoms. The molecule has 0 N–H and O–H groups in total. The Morgan fingerprint density at radius 3 is 0.893 bits per heavy atom. The Morgan fingerprint density at radius 2 is 0.679 bits per heavy atom. The van der Waals surface area contributed by atoms with E-state index in [0.29, 0.717) is 22.0 Å². The highest BCUT2D eigenvalue weighted by Crippen LogP contribution is 2.35. The molecule has 2 fully saturated rings. The summed E-state index contributed by atoms with van der Waals surface area (Å²) < 4.78 is 0. The summed E-state index contributed by atoms with van der Waals surface area (Å²) in [5, 5.41) is 0. The van der Waals surface area contributed by atoms with E-state index in [-0.39, 0.29) is 0 Å². The van der Waals surface area contributed by atoms with Crippen LogP contribution in [0.5, 0.6) is 0 Å². The minimum atomic E-state index is 0.337. The van der Waals surface area contributed by atoms with Crippen LogP contribution in [0, 0.1) is 11.3 Å². The van der Waals surface area contributed by atoms with Gasteiger partial charge in [0.15, 0.2) is 0 Å². The maximum atomic E-state index is 2.62. The largest absolute Gasteiger partial charge is 0.298 e. The van der Waals surface area contributed by atoms with Gasteiger partial charge in [0, 0.05) is 42.8 Å². The van der Waals surface area contributed by atoms with Gasteiger partial charge in [-0.05, 0) is 99.6 Å². The lowest BCUT2D eigenvalue weighted by molar-refractivity contribution is 0.0211. The first-order valence-electron chi connectivity index (χ1n) is 11.7. The Hall–Kier alpha value is -0.120. The number of hydrogen-bond acceptors (Lipinski definition) is 3. The maximum absolute atomic E-state index is 2.62. The van der Waals surface area contributed by atoms with Crippen molar-refractivity contribution in [3.05, 3.63) is 0 Å². The zero-order valence-electron chi connectivity index (χ0n) is 21.6. The Kier molecular flexibility index (Phi) is 8.65. The fourth-order valence-corrected chi connectivity index (χ4v) is 4.46. The molecule has 0 aliphatic carbocycles. The van der Waals surface area contributed by atoms with Crippen LogP contribution in [0.4, 0.5) is 0 Å². The molecule has 3 heteroatoms. The molecule has 0 aromatic heterocycles. The molecule has 2 rings (SSSR count). The molecule has 28 heavy (non-hydrogen) atoms. The van der Waals surface area contributed by atoms with Crippen molar-refractivity contribution in [1.82, 2.24) is 14.7 Å². The SMILES string of the molecule is CC(C)(C)C1CCN(C(C)(C)C)CC1.CC(C)(C)N1CCN(C(C)(C)C)CC1. The Balaban J connectivity index is 0.000000280. The van der Waals surface area contributed by atoms with Crippen molar-refractivity contribution in [1.29, 1.82) is 0 Å². The first kappa shape index (κ1) is 25.9. The lowest BCUT2D eigenvalue weighted by Gasteiger charge is -2.46. The van der Waals surface area contributed by atoms with Crippen molar-refractivity contribution in [2.45, 2.75) is 113 Å². The van der Waals surface area contributed by atoms with Gasteiger partial charge in [-0.3, -0.25) is 14.7 Å². The second kappa shape index (κ2) is 9.35. The highest BCUT2D eigenvalue weighted by atomic mass is 15.3. The minimum absolute atomic E-state index is 0.337. The van der Waals surface area contributed by atoms with E-state index in [2.05, 4.69) is 97.8 Å². The van der Waals surface area contributed by atoms with Crippen molar-refractivity contribution in [2.24, 2.45) is 11.3 Å². The van der Waals surface area contributed by atoms with Crippen LogP contribution in [0.3, 0.4) is 0 Å². The van der Waals surface area contributed by atoms with E-state index < -0.39 is 0 Å². The van der Waals surface area contributed by atoms with Gasteiger partial charge >= 0.3 is 0 Å². The summed E-state index contributed by atoms with van der Waals surface area (Å²) in [6, 6.07) is 0. The number of rotatable bonds is 0. The monoisotopic (exact) mass is 395 g/mol. The molecule has 3 nitrogen and oxygen atoms in total. The zero-order chi connectivity index (χ0) is 22.0. The van der Waals surface area contributed by atoms with E-state index in [4.69, 9.17) is 0 Å². The van der Waals surface area contributed by atoms with E-state index >= 15 is 0 Å². The highest BCUT2D eigenvalue weighted by Gasteiger charge is 2.32. The second-order valence-corrected chi connectivity index (χ2v) is 13.1. The van der Waals surface area contributed by atoms with Gasteiger partial charge in [0.25, 0.3) is 0 Å². The molecule has 0 spiro atoms. The van der Waals surface area contributed by atoms with Gasteiger partial charge in [0.05, 0.1) is 0 Å². The summed E-state index contributed by atoms with van der Waals surface area (Å²) in [6.07, 6.45) is 2.75. The van der Waals surface area contributed by atoms with Crippen LogP contribution < -0.4 is 0 Å². The fraction of sp³-hybridized carbons (Fsp3) is 1.00. The maximum Gasteiger partial charge on any atom is 0.0126 e. The van der Waals surface area contributed by atoms with E-state index in [1.54, 1.807) is 0 Å². The van der Waals surface area contributed by atoms with E-state index in [9.17, 15) is 0 Å². The second-order valence-electron chi connectivity index (χ2n) is 13.1. The van der Waals surface area contributed by atoms with E-state index in [0.717, 1.165) is 5.92 Å². The van der Waals surface area contributed by atoms with Gasteiger partial charge in [0.2, 0.25) is 0 Å². The van der Waals surface area contributed by atoms with Crippen LogP contribution in [0.25, 0.3) is 0 Å². The third-order valence-electron chi connectivity index (χ3n) is 6.85. The molecular weight excluding hydrogens is 342 g/mol. The van der Waals surface area contributed by atoms with Gasteiger partial charge in [0.1, 0.15) is 0 Å². The molecule has 0 amide bonds. The summed E-state index contributed by atoms with van der Waals surface area (Å²) >= 11 is 0. The molecule has 2 aliphatic heterocycles. The Bertz CT molecular complexity index is 352. The van der Waals surface area contributed by atoms with Crippen molar-refractivity contribution in [3.63, 3.8) is 0 Å². The van der Waals surface area contributed by atoms with Crippen molar-refractivity contribution in [2.75, 3.05) is 39.3 Å². The summed E-state index contributed by atoms with van der Waals surface area (Å²) in [5.74, 6) is 0.918. The topological polar surface area (TPSA) is 9.72 Å². The fourth-order valence-electron chi connectivity index (χ4n) is 4.46. The highest BCUT2D eigenvalue weighted by molar-refractivity contribution is 4.87. The van der Waals surface area contributed by atoms with Crippen LogP contribution in [0.2, 0.25) is 0 Å². The number of piperidine rings is 1. The Labute approximate surface area is 178 Å². The zero-order valence-corrected chi connectivity index (χ0v) is 21.6. The van der Waals surface area contributed by atoms with Gasteiger partial charge in [-0.25, -0.2) is 0 Å². The third-order valence-corrected chi connectivity index (χ3v) is 6.85. The normalized spacial score (nSPS) is 22.7. The molecule has 0 aromatic carbocycles. The van der Waals surface area contributed by atoms with Crippen molar-refractivity contribution < 1.29 is 0 Å². The Morgan fingerprint density at radius 1 is 0.429 bits per heavy atom. The summed E-state index contributed by atoms with van der Waals surface area (Å²) in [5.41, 5.74) is 1.54. The van der Waals surface area contributed by atoms with Crippen LogP contribution >= 0.6 is 0 Å². The van der Waals surface area contributed by atoms with Crippen LogP contribution in [0.15, 0.2) is 0 Å². The molecular formula is C25H53N3. The first-order chi connectivity index (χ1) is 12.4. The van der Waals surface area contributed by atoms with Crippen molar-refractivity contribution >= 4 is 0 Å². The van der Waals surface area contributed by atoms with Gasteiger partial charge in [-0.2, -0.15) is 0 Å². The molecule has 0 radical (unpaired) electrons. The van der Waals surface area contributed by atoms with Gasteiger partial charge < -0.3 is 0 Å². The molecule has 168 valence electrons. The summed E-state index contributed by atoms with van der Waals surface area (Å²) in [7, 11) is 0. The van der Waals surface area contributed by atoms with Gasteiger partial charge in [-0.15, -0.1) is 0 Å². The summed E-state index contributed by atoms with van der Waals surface area (Å²) in [6.45, 7) is 35.3. The number of likely N-dealkylation sites (tertiary alicyclic amines) is 1. The lowest BCUT2D eigenvalue weighted by Crippen LogP contribution is -2.57.